The van der Waals surface area contributed by atoms with Gasteiger partial charge in [-0.2, -0.15) is 0 Å². The monoisotopic (exact) mass is 444 g/mol. The van der Waals surface area contributed by atoms with E-state index in [1.165, 1.54) is 38.4 Å². The van der Waals surface area contributed by atoms with Gasteiger partial charge in [-0.15, -0.1) is 0 Å². The van der Waals surface area contributed by atoms with Crippen LogP contribution in [-0.4, -0.2) is 24.6 Å². The lowest BCUT2D eigenvalue weighted by molar-refractivity contribution is -0.182. The third-order valence-corrected chi connectivity index (χ3v) is 11.3. The van der Waals surface area contributed by atoms with Crippen LogP contribution in [0.3, 0.4) is 0 Å². The smallest absolute Gasteiger partial charge is 0.306 e. The van der Waals surface area contributed by atoms with Gasteiger partial charge in [-0.1, -0.05) is 32.9 Å². The molecule has 3 saturated carbocycles. The van der Waals surface area contributed by atoms with Crippen LogP contribution in [0.5, 0.6) is 0 Å². The normalized spacial score (nSPS) is 48.0. The molecule has 180 valence electrons. The van der Waals surface area contributed by atoms with Crippen LogP contribution in [0.25, 0.3) is 0 Å². The Hall–Kier alpha value is -1.32. The van der Waals surface area contributed by atoms with Gasteiger partial charge in [-0.3, -0.25) is 9.59 Å². The number of methoxy groups -OCH3 is 1. The van der Waals surface area contributed by atoms with E-state index in [0.717, 1.165) is 25.7 Å². The molecule has 8 atom stereocenters. The van der Waals surface area contributed by atoms with E-state index in [1.807, 2.05) is 0 Å². The van der Waals surface area contributed by atoms with Crippen LogP contribution < -0.4 is 0 Å². The molecular weight excluding hydrogens is 400 g/mol. The van der Waals surface area contributed by atoms with Crippen LogP contribution in [0.15, 0.2) is 12.2 Å². The molecule has 0 aromatic carbocycles. The Balaban J connectivity index is 1.67. The molecule has 4 fully saturated rings. The average molecular weight is 445 g/mol. The molecule has 4 aliphatic rings. The van der Waals surface area contributed by atoms with E-state index in [4.69, 9.17) is 9.47 Å². The number of carbonyl (C=O) groups is 2. The Bertz CT molecular complexity index is 803. The lowest BCUT2D eigenvalue weighted by Gasteiger charge is -2.66. The maximum absolute atomic E-state index is 12.1. The fraction of sp³-hybridized carbons (Fsp3) is 0.857. The van der Waals surface area contributed by atoms with Crippen LogP contribution in [0.1, 0.15) is 98.8 Å². The topological polar surface area (TPSA) is 52.6 Å². The number of hydrogen-bond acceptors (Lipinski definition) is 4. The highest BCUT2D eigenvalue weighted by Gasteiger charge is 2.68. The summed E-state index contributed by atoms with van der Waals surface area (Å²) < 4.78 is 11.0. The van der Waals surface area contributed by atoms with Gasteiger partial charge in [0.05, 0.1) is 7.11 Å². The third-order valence-electron chi connectivity index (χ3n) is 11.3. The number of rotatable bonds is 5. The summed E-state index contributed by atoms with van der Waals surface area (Å²) in [5, 5.41) is 0. The van der Waals surface area contributed by atoms with Crippen LogP contribution in [0, 0.1) is 39.9 Å². The van der Waals surface area contributed by atoms with Crippen molar-refractivity contribution in [1.82, 2.24) is 0 Å². The summed E-state index contributed by atoms with van der Waals surface area (Å²) in [6.07, 6.45) is 9.95. The summed E-state index contributed by atoms with van der Waals surface area (Å²) in [4.78, 5) is 24.1. The van der Waals surface area contributed by atoms with Crippen LogP contribution in [-0.2, 0) is 19.1 Å². The van der Waals surface area contributed by atoms with Gasteiger partial charge >= 0.3 is 11.9 Å². The first-order valence-electron chi connectivity index (χ1n) is 12.9. The number of cyclic esters (lactones) is 1. The third kappa shape index (κ3) is 3.29. The van der Waals surface area contributed by atoms with E-state index in [-0.39, 0.29) is 33.8 Å². The Kier molecular flexibility index (Phi) is 5.86. The van der Waals surface area contributed by atoms with Crippen molar-refractivity contribution in [1.29, 1.82) is 0 Å². The van der Waals surface area contributed by atoms with E-state index in [1.54, 1.807) is 0 Å². The van der Waals surface area contributed by atoms with E-state index in [0.29, 0.717) is 36.5 Å². The number of carbonyl (C=O) groups excluding carboxylic acids is 2. The predicted molar refractivity (Wildman–Crippen MR) is 126 cm³/mol. The SMILES string of the molecule is C=C(C)C1CCC2(C)C(CCC3C(C4(C)CCC(=O)O4)CCC32C)C1(C)CCC(=O)OC. The zero-order chi connectivity index (χ0) is 23.5. The molecule has 0 N–H and O–H groups in total. The maximum atomic E-state index is 12.1. The second kappa shape index (κ2) is 7.87. The molecule has 1 heterocycles. The highest BCUT2D eigenvalue weighted by molar-refractivity contribution is 5.72. The van der Waals surface area contributed by atoms with E-state index in [2.05, 4.69) is 41.2 Å². The van der Waals surface area contributed by atoms with Crippen molar-refractivity contribution in [3.63, 3.8) is 0 Å². The molecule has 0 aromatic heterocycles. The minimum atomic E-state index is -0.286. The van der Waals surface area contributed by atoms with Crippen molar-refractivity contribution in [2.75, 3.05) is 7.11 Å². The lowest BCUT2D eigenvalue weighted by atomic mass is 9.38. The molecule has 4 rings (SSSR count). The Morgan fingerprint density at radius 1 is 1.03 bits per heavy atom. The first kappa shape index (κ1) is 23.8. The van der Waals surface area contributed by atoms with E-state index >= 15 is 0 Å². The standard InChI is InChI=1S/C28H44O4/c1-18(2)19-10-16-27(5)22(25(19,3)14-12-23(29)31-7)9-8-20-21(11-15-26(20,27)4)28(6)17-13-24(30)32-28/h19-22H,1,8-17H2,2-7H3. The van der Waals surface area contributed by atoms with Crippen molar-refractivity contribution >= 4 is 11.9 Å². The molecule has 3 aliphatic carbocycles. The van der Waals surface area contributed by atoms with Gasteiger partial charge in [0.15, 0.2) is 0 Å². The fourth-order valence-electron chi connectivity index (χ4n) is 9.45. The molecule has 0 spiro atoms. The van der Waals surface area contributed by atoms with Crippen molar-refractivity contribution in [3.8, 4) is 0 Å². The summed E-state index contributed by atoms with van der Waals surface area (Å²) in [7, 11) is 1.49. The molecule has 0 radical (unpaired) electrons. The first-order valence-corrected chi connectivity index (χ1v) is 12.9. The highest BCUT2D eigenvalue weighted by atomic mass is 16.6. The zero-order valence-corrected chi connectivity index (χ0v) is 21.2. The van der Waals surface area contributed by atoms with Crippen molar-refractivity contribution in [3.05, 3.63) is 12.2 Å². The molecule has 0 aromatic rings. The molecule has 1 saturated heterocycles. The molecule has 32 heavy (non-hydrogen) atoms. The Morgan fingerprint density at radius 2 is 1.72 bits per heavy atom. The molecule has 8 unspecified atom stereocenters. The van der Waals surface area contributed by atoms with Gasteiger partial charge in [-0.25, -0.2) is 0 Å². The lowest BCUT2D eigenvalue weighted by Crippen LogP contribution is -2.60. The average Bonchev–Trinajstić information content (AvgIpc) is 3.27. The summed E-state index contributed by atoms with van der Waals surface area (Å²) in [6.45, 7) is 16.3. The summed E-state index contributed by atoms with van der Waals surface area (Å²) in [5.74, 6) is 1.97. The predicted octanol–water partition coefficient (Wildman–Crippen LogP) is 6.48. The van der Waals surface area contributed by atoms with E-state index in [9.17, 15) is 9.59 Å². The van der Waals surface area contributed by atoms with Gasteiger partial charge in [-0.05, 0) is 99.2 Å². The van der Waals surface area contributed by atoms with Gasteiger partial charge in [0.1, 0.15) is 5.60 Å². The van der Waals surface area contributed by atoms with Gasteiger partial charge in [0.25, 0.3) is 0 Å². The number of fused-ring (bicyclic) bond motifs is 3. The van der Waals surface area contributed by atoms with Crippen molar-refractivity contribution in [2.45, 2.75) is 104 Å². The second-order valence-electron chi connectivity index (χ2n) is 12.5. The molecular formula is C28H44O4. The van der Waals surface area contributed by atoms with Crippen LogP contribution in [0.2, 0.25) is 0 Å². The molecule has 0 amide bonds. The van der Waals surface area contributed by atoms with Gasteiger partial charge in [0.2, 0.25) is 0 Å². The largest absolute Gasteiger partial charge is 0.469 e. The number of hydrogen-bond donors (Lipinski definition) is 0. The Labute approximate surface area is 194 Å². The van der Waals surface area contributed by atoms with Crippen molar-refractivity contribution < 1.29 is 19.1 Å². The minimum Gasteiger partial charge on any atom is -0.469 e. The molecule has 4 nitrogen and oxygen atoms in total. The Morgan fingerprint density at radius 3 is 2.31 bits per heavy atom. The molecule has 4 heteroatoms. The van der Waals surface area contributed by atoms with Gasteiger partial charge < -0.3 is 9.47 Å². The number of esters is 2. The van der Waals surface area contributed by atoms with Gasteiger partial charge in [0, 0.05) is 18.8 Å². The molecule has 1 aliphatic heterocycles. The number of allylic oxidation sites excluding steroid dienone is 1. The summed E-state index contributed by atoms with van der Waals surface area (Å²) in [5.41, 5.74) is 1.50. The van der Waals surface area contributed by atoms with Crippen LogP contribution in [0.4, 0.5) is 0 Å². The quantitative estimate of drug-likeness (QED) is 0.360. The maximum Gasteiger partial charge on any atom is 0.306 e. The zero-order valence-electron chi connectivity index (χ0n) is 21.2. The second-order valence-corrected chi connectivity index (χ2v) is 12.5. The first-order chi connectivity index (χ1) is 14.9. The van der Waals surface area contributed by atoms with Crippen LogP contribution >= 0.6 is 0 Å². The number of ether oxygens (including phenoxy) is 2. The van der Waals surface area contributed by atoms with Crippen molar-refractivity contribution in [2.24, 2.45) is 39.9 Å². The summed E-state index contributed by atoms with van der Waals surface area (Å²) in [6, 6.07) is 0. The minimum absolute atomic E-state index is 0.0154. The summed E-state index contributed by atoms with van der Waals surface area (Å²) >= 11 is 0. The fourth-order valence-corrected chi connectivity index (χ4v) is 9.45. The highest BCUT2D eigenvalue weighted by Crippen LogP contribution is 2.74. The molecule has 0 bridgehead atoms. The van der Waals surface area contributed by atoms with E-state index < -0.39 is 0 Å².